The maximum absolute atomic E-state index is 13.3. The number of rotatable bonds is 5. The van der Waals surface area contributed by atoms with Crippen molar-refractivity contribution < 1.29 is 49.4 Å². The Morgan fingerprint density at radius 2 is 1.62 bits per heavy atom. The monoisotopic (exact) mass is 622 g/mol. The fourth-order valence-corrected chi connectivity index (χ4v) is 5.51. The quantitative estimate of drug-likeness (QED) is 0.369. The van der Waals surface area contributed by atoms with Crippen LogP contribution in [0.4, 0.5) is 42.6 Å². The molecule has 1 fully saturated rings. The maximum atomic E-state index is 13.3. The molecule has 2 N–H and O–H groups in total. The van der Waals surface area contributed by atoms with Crippen molar-refractivity contribution in [1.29, 1.82) is 0 Å². The van der Waals surface area contributed by atoms with E-state index in [1.165, 1.54) is 19.1 Å². The summed E-state index contributed by atoms with van der Waals surface area (Å²) in [6.07, 6.45) is -11.8. The fourth-order valence-electron chi connectivity index (χ4n) is 4.12. The van der Waals surface area contributed by atoms with Crippen LogP contribution in [0.3, 0.4) is 0 Å². The summed E-state index contributed by atoms with van der Waals surface area (Å²) in [5.41, 5.74) is -7.07. The zero-order valence-corrected chi connectivity index (χ0v) is 23.7. The second kappa shape index (κ2) is 11.6. The van der Waals surface area contributed by atoms with Gasteiger partial charge in [-0.3, -0.25) is 5.32 Å². The van der Waals surface area contributed by atoms with Crippen LogP contribution in [0, 0.1) is 11.8 Å². The average molecular weight is 623 g/mol. The minimum Gasteiger partial charge on any atom is -0.444 e. The first-order valence-electron chi connectivity index (χ1n) is 12.3. The van der Waals surface area contributed by atoms with E-state index >= 15 is 0 Å². The van der Waals surface area contributed by atoms with Crippen molar-refractivity contribution in [2.24, 2.45) is 0 Å². The Morgan fingerprint density at radius 1 is 1.02 bits per heavy atom. The smallest absolute Gasteiger partial charge is 0.430 e. The van der Waals surface area contributed by atoms with E-state index in [0.717, 1.165) is 22.6 Å². The van der Waals surface area contributed by atoms with Gasteiger partial charge in [0.1, 0.15) is 22.4 Å². The minimum atomic E-state index is -6.03. The van der Waals surface area contributed by atoms with Gasteiger partial charge in [-0.25, -0.2) is 18.2 Å². The summed E-state index contributed by atoms with van der Waals surface area (Å²) in [6.45, 7) is 6.21. The predicted molar refractivity (Wildman–Crippen MR) is 140 cm³/mol. The molecule has 0 radical (unpaired) electrons. The van der Waals surface area contributed by atoms with E-state index in [-0.39, 0.29) is 36.0 Å². The summed E-state index contributed by atoms with van der Waals surface area (Å²) in [7, 11) is -4.10. The molecule has 1 aromatic heterocycles. The van der Waals surface area contributed by atoms with Gasteiger partial charge < -0.3 is 14.7 Å². The number of benzene rings is 1. The molecule has 0 spiro atoms. The third-order valence-corrected chi connectivity index (χ3v) is 7.94. The molecule has 9 nitrogen and oxygen atoms in total. The molecule has 42 heavy (non-hydrogen) atoms. The molecule has 1 saturated heterocycles. The van der Waals surface area contributed by atoms with E-state index in [9.17, 15) is 44.7 Å². The number of nitrogens with zero attached hydrogens (tertiary/aromatic N) is 3. The number of carbonyl (C=O) groups excluding carboxylic acids is 1. The zero-order chi connectivity index (χ0) is 31.7. The average Bonchev–Trinajstić information content (AvgIpc) is 2.86. The summed E-state index contributed by atoms with van der Waals surface area (Å²) >= 11 is 0. The first-order chi connectivity index (χ1) is 19.2. The van der Waals surface area contributed by atoms with Gasteiger partial charge in [0.2, 0.25) is 10.0 Å². The third kappa shape index (κ3) is 6.90. The number of carbonyl (C=O) groups is 1. The topological polar surface area (TPSA) is 112 Å². The van der Waals surface area contributed by atoms with Gasteiger partial charge in [-0.2, -0.15) is 30.6 Å². The van der Waals surface area contributed by atoms with E-state index in [2.05, 4.69) is 22.1 Å². The largest absolute Gasteiger partial charge is 0.444 e. The van der Waals surface area contributed by atoms with Crippen molar-refractivity contribution in [3.8, 4) is 11.8 Å². The number of sulfonamides is 1. The van der Waals surface area contributed by atoms with Crippen molar-refractivity contribution in [3.63, 3.8) is 0 Å². The van der Waals surface area contributed by atoms with Crippen molar-refractivity contribution in [3.05, 3.63) is 48.2 Å². The Kier molecular flexibility index (Phi) is 9.11. The molecule has 1 aliphatic heterocycles. The number of aliphatic hydroxyl groups is 1. The number of hydrogen-bond acceptors (Lipinski definition) is 7. The minimum absolute atomic E-state index is 0.00750. The van der Waals surface area contributed by atoms with Crippen molar-refractivity contribution in [1.82, 2.24) is 9.29 Å². The highest BCUT2D eigenvalue weighted by atomic mass is 32.2. The van der Waals surface area contributed by atoms with Gasteiger partial charge in [-0.05, 0) is 52.0 Å². The van der Waals surface area contributed by atoms with E-state index in [4.69, 9.17) is 4.74 Å². The summed E-state index contributed by atoms with van der Waals surface area (Å²) in [4.78, 5) is 17.2. The standard InChI is InChI=1S/C26H28F6N4O5S/c1-5-6-19-16-35(42(39,40)20-11-12-21(33-15-20)34-22(37)41-23(2,3)4)13-14-36(19)18-9-7-17(8-10-18)24(38,25(27,28)29)26(30,31)32/h7-12,15,19,38H,13-14,16H2,1-4H3,(H,33,34,37)/t19-/m0/s1. The Hall–Kier alpha value is -3.55. The number of halogens is 6. The van der Waals surface area contributed by atoms with Gasteiger partial charge in [0.25, 0.3) is 5.60 Å². The van der Waals surface area contributed by atoms with Crippen molar-refractivity contribution in [2.75, 3.05) is 29.9 Å². The highest BCUT2D eigenvalue weighted by Crippen LogP contribution is 2.50. The summed E-state index contributed by atoms with van der Waals surface area (Å²) in [5.74, 6) is 5.51. The van der Waals surface area contributed by atoms with Crippen LogP contribution in [0.25, 0.3) is 0 Å². The van der Waals surface area contributed by atoms with Crippen molar-refractivity contribution in [2.45, 2.75) is 62.2 Å². The second-order valence-corrected chi connectivity index (χ2v) is 12.2. The number of nitrogens with one attached hydrogen (secondary N) is 1. The van der Waals surface area contributed by atoms with Gasteiger partial charge in [-0.15, -0.1) is 5.92 Å². The number of alkyl halides is 6. The molecule has 230 valence electrons. The van der Waals surface area contributed by atoms with Crippen LogP contribution in [0.5, 0.6) is 0 Å². The lowest BCUT2D eigenvalue weighted by molar-refractivity contribution is -0.376. The fraction of sp³-hybridized carbons (Fsp3) is 0.462. The molecule has 16 heteroatoms. The summed E-state index contributed by atoms with van der Waals surface area (Å²) < 4.78 is 112. The molecular weight excluding hydrogens is 594 g/mol. The van der Waals surface area contributed by atoms with Gasteiger partial charge in [0.15, 0.2) is 0 Å². The number of piperazine rings is 1. The molecule has 0 unspecified atom stereocenters. The van der Waals surface area contributed by atoms with Crippen LogP contribution in [0.2, 0.25) is 0 Å². The molecule has 0 aliphatic carbocycles. The first-order valence-corrected chi connectivity index (χ1v) is 13.8. The SMILES string of the molecule is CC#C[C@H]1CN(S(=O)(=O)c2ccc(NC(=O)OC(C)(C)C)nc2)CCN1c1ccc(C(O)(C(F)(F)F)C(F)(F)F)cc1. The normalized spacial score (nSPS) is 17.3. The third-order valence-electron chi connectivity index (χ3n) is 6.09. The molecule has 0 saturated carbocycles. The highest BCUT2D eigenvalue weighted by molar-refractivity contribution is 7.89. The van der Waals surface area contributed by atoms with Crippen LogP contribution in [0.15, 0.2) is 47.5 Å². The molecule has 1 amide bonds. The Bertz CT molecular complexity index is 1430. The number of hydrogen-bond donors (Lipinski definition) is 2. The molecule has 3 rings (SSSR count). The molecule has 1 aliphatic rings. The van der Waals surface area contributed by atoms with Crippen LogP contribution in [-0.4, -0.2) is 72.5 Å². The molecule has 2 heterocycles. The van der Waals surface area contributed by atoms with Gasteiger partial charge >= 0.3 is 18.4 Å². The number of pyridine rings is 1. The first kappa shape index (κ1) is 33.0. The van der Waals surface area contributed by atoms with E-state index < -0.39 is 51.3 Å². The lowest BCUT2D eigenvalue weighted by Gasteiger charge is -2.40. The van der Waals surface area contributed by atoms with E-state index in [0.29, 0.717) is 12.1 Å². The molecule has 2 aromatic rings. The van der Waals surface area contributed by atoms with Crippen LogP contribution < -0.4 is 10.2 Å². The number of anilines is 2. The Balaban J connectivity index is 1.80. The lowest BCUT2D eigenvalue weighted by atomic mass is 9.92. The molecule has 1 atom stereocenters. The Labute approximate surface area is 238 Å². The Morgan fingerprint density at radius 3 is 2.10 bits per heavy atom. The van der Waals surface area contributed by atoms with E-state index in [1.54, 1.807) is 25.7 Å². The van der Waals surface area contributed by atoms with Gasteiger partial charge in [0.05, 0.1) is 0 Å². The number of ether oxygens (including phenoxy) is 1. The molecular formula is C26H28F6N4O5S. The van der Waals surface area contributed by atoms with Crippen LogP contribution in [-0.2, 0) is 20.4 Å². The molecule has 1 aromatic carbocycles. The molecule has 0 bridgehead atoms. The lowest BCUT2D eigenvalue weighted by Crippen LogP contribution is -2.55. The van der Waals surface area contributed by atoms with Gasteiger partial charge in [0, 0.05) is 37.1 Å². The number of amides is 1. The summed E-state index contributed by atoms with van der Waals surface area (Å²) in [5, 5.41) is 12.0. The second-order valence-electron chi connectivity index (χ2n) is 10.2. The maximum Gasteiger partial charge on any atom is 0.430 e. The van der Waals surface area contributed by atoms with E-state index in [1.807, 2.05) is 0 Å². The van der Waals surface area contributed by atoms with Crippen LogP contribution >= 0.6 is 0 Å². The highest BCUT2D eigenvalue weighted by Gasteiger charge is 2.71. The summed E-state index contributed by atoms with van der Waals surface area (Å²) in [6, 6.07) is 4.71. The zero-order valence-electron chi connectivity index (χ0n) is 22.8. The van der Waals surface area contributed by atoms with Crippen molar-refractivity contribution >= 4 is 27.6 Å². The van der Waals surface area contributed by atoms with Crippen LogP contribution in [0.1, 0.15) is 33.3 Å². The van der Waals surface area contributed by atoms with Gasteiger partial charge in [-0.1, -0.05) is 18.1 Å². The number of aromatic nitrogens is 1. The predicted octanol–water partition coefficient (Wildman–Crippen LogP) is 4.64.